The number of fused-ring (bicyclic) bond motifs is 3. The van der Waals surface area contributed by atoms with Crippen molar-refractivity contribution in [2.24, 2.45) is 17.8 Å². The van der Waals surface area contributed by atoms with Gasteiger partial charge in [0.25, 0.3) is 0 Å². The van der Waals surface area contributed by atoms with Crippen molar-refractivity contribution in [3.63, 3.8) is 0 Å². The van der Waals surface area contributed by atoms with E-state index < -0.39 is 0 Å². The van der Waals surface area contributed by atoms with Gasteiger partial charge in [0.2, 0.25) is 0 Å². The van der Waals surface area contributed by atoms with E-state index in [-0.39, 0.29) is 0 Å². The molecule has 3 aliphatic rings. The standard InChI is InChI=1S/C11H16/c1-3-8-4-2-6-10(8)11-7-9(11)5-1/h4,9-11H,1-3,5-7H2. The Kier molecular flexibility index (Phi) is 1.21. The smallest absolute Gasteiger partial charge is 0.0169 e. The summed E-state index contributed by atoms with van der Waals surface area (Å²) in [5.41, 5.74) is 1.84. The van der Waals surface area contributed by atoms with Crippen LogP contribution in [-0.2, 0) is 0 Å². The predicted octanol–water partition coefficient (Wildman–Crippen LogP) is 3.14. The summed E-state index contributed by atoms with van der Waals surface area (Å²) in [5.74, 6) is 3.36. The summed E-state index contributed by atoms with van der Waals surface area (Å²) < 4.78 is 0. The van der Waals surface area contributed by atoms with E-state index in [9.17, 15) is 0 Å². The van der Waals surface area contributed by atoms with Crippen LogP contribution in [0.15, 0.2) is 11.6 Å². The minimum Gasteiger partial charge on any atom is -0.0850 e. The highest BCUT2D eigenvalue weighted by molar-refractivity contribution is 5.19. The van der Waals surface area contributed by atoms with Gasteiger partial charge in [0, 0.05) is 0 Å². The molecule has 3 rings (SSSR count). The topological polar surface area (TPSA) is 0 Å². The molecule has 3 atom stereocenters. The second-order valence-electron chi connectivity index (χ2n) is 4.51. The van der Waals surface area contributed by atoms with Crippen molar-refractivity contribution in [2.75, 3.05) is 0 Å². The zero-order chi connectivity index (χ0) is 7.26. The zero-order valence-corrected chi connectivity index (χ0v) is 7.05. The summed E-state index contributed by atoms with van der Waals surface area (Å²) in [5, 5.41) is 0. The predicted molar refractivity (Wildman–Crippen MR) is 46.3 cm³/mol. The minimum absolute atomic E-state index is 1.06. The molecule has 11 heavy (non-hydrogen) atoms. The number of rotatable bonds is 0. The van der Waals surface area contributed by atoms with E-state index in [0.29, 0.717) is 0 Å². The molecule has 0 aromatic heterocycles. The Balaban J connectivity index is 1.88. The number of hydrogen-bond donors (Lipinski definition) is 0. The van der Waals surface area contributed by atoms with Gasteiger partial charge in [-0.2, -0.15) is 0 Å². The third-order valence-electron chi connectivity index (χ3n) is 3.89. The minimum atomic E-state index is 1.06. The molecule has 0 spiro atoms. The molecule has 0 N–H and O–H groups in total. The Morgan fingerprint density at radius 2 is 2.27 bits per heavy atom. The van der Waals surface area contributed by atoms with Gasteiger partial charge in [-0.15, -0.1) is 0 Å². The summed E-state index contributed by atoms with van der Waals surface area (Å²) in [6.07, 6.45) is 11.5. The molecular formula is C11H16. The van der Waals surface area contributed by atoms with E-state index in [1.54, 1.807) is 12.8 Å². The van der Waals surface area contributed by atoms with Gasteiger partial charge in [-0.1, -0.05) is 11.6 Å². The van der Waals surface area contributed by atoms with Crippen LogP contribution in [-0.4, -0.2) is 0 Å². The van der Waals surface area contributed by atoms with Crippen molar-refractivity contribution in [3.8, 4) is 0 Å². The number of hydrogen-bond acceptors (Lipinski definition) is 0. The average molecular weight is 148 g/mol. The van der Waals surface area contributed by atoms with Crippen molar-refractivity contribution in [3.05, 3.63) is 11.6 Å². The molecule has 0 bridgehead atoms. The van der Waals surface area contributed by atoms with Gasteiger partial charge in [-0.3, -0.25) is 0 Å². The van der Waals surface area contributed by atoms with Gasteiger partial charge in [-0.25, -0.2) is 0 Å². The highest BCUT2D eigenvalue weighted by Gasteiger charge is 2.45. The van der Waals surface area contributed by atoms with E-state index >= 15 is 0 Å². The first-order chi connectivity index (χ1) is 5.45. The fraction of sp³-hybridized carbons (Fsp3) is 0.818. The maximum absolute atomic E-state index is 2.53. The molecule has 0 heteroatoms. The fourth-order valence-electron chi connectivity index (χ4n) is 3.23. The summed E-state index contributed by atoms with van der Waals surface area (Å²) >= 11 is 0. The summed E-state index contributed by atoms with van der Waals surface area (Å²) in [6.45, 7) is 0. The molecule has 2 fully saturated rings. The van der Waals surface area contributed by atoms with Gasteiger partial charge in [0.1, 0.15) is 0 Å². The van der Waals surface area contributed by atoms with Crippen molar-refractivity contribution in [1.82, 2.24) is 0 Å². The monoisotopic (exact) mass is 148 g/mol. The van der Waals surface area contributed by atoms with Gasteiger partial charge in [0.05, 0.1) is 0 Å². The van der Waals surface area contributed by atoms with Crippen molar-refractivity contribution in [1.29, 1.82) is 0 Å². The van der Waals surface area contributed by atoms with E-state index in [0.717, 1.165) is 17.8 Å². The summed E-state index contributed by atoms with van der Waals surface area (Å²) in [6, 6.07) is 0. The van der Waals surface area contributed by atoms with E-state index in [4.69, 9.17) is 0 Å². The van der Waals surface area contributed by atoms with Gasteiger partial charge >= 0.3 is 0 Å². The lowest BCUT2D eigenvalue weighted by molar-refractivity contribution is 0.504. The van der Waals surface area contributed by atoms with Crippen molar-refractivity contribution in [2.45, 2.75) is 38.5 Å². The summed E-state index contributed by atoms with van der Waals surface area (Å²) in [4.78, 5) is 0. The molecule has 0 nitrogen and oxygen atoms in total. The normalized spacial score (nSPS) is 47.3. The highest BCUT2D eigenvalue weighted by Crippen LogP contribution is 2.55. The van der Waals surface area contributed by atoms with Crippen LogP contribution < -0.4 is 0 Å². The molecule has 3 aliphatic carbocycles. The summed E-state index contributed by atoms with van der Waals surface area (Å²) in [7, 11) is 0. The first-order valence-electron chi connectivity index (χ1n) is 5.14. The Bertz CT molecular complexity index is 202. The fourth-order valence-corrected chi connectivity index (χ4v) is 3.23. The van der Waals surface area contributed by atoms with E-state index in [2.05, 4.69) is 6.08 Å². The van der Waals surface area contributed by atoms with Crippen LogP contribution in [0, 0.1) is 17.8 Å². The van der Waals surface area contributed by atoms with Gasteiger partial charge in [-0.05, 0) is 56.3 Å². The molecule has 60 valence electrons. The SMILES string of the molecule is C1=C2CCCC3CC3C2CC1. The van der Waals surface area contributed by atoms with Crippen LogP contribution in [0.5, 0.6) is 0 Å². The Hall–Kier alpha value is -0.260. The molecule has 0 amide bonds. The molecule has 0 aliphatic heterocycles. The average Bonchev–Trinajstić information content (AvgIpc) is 2.65. The van der Waals surface area contributed by atoms with Crippen LogP contribution >= 0.6 is 0 Å². The molecular weight excluding hydrogens is 132 g/mol. The second-order valence-corrected chi connectivity index (χ2v) is 4.51. The Labute approximate surface area is 68.7 Å². The maximum atomic E-state index is 2.53. The molecule has 0 saturated heterocycles. The maximum Gasteiger partial charge on any atom is -0.0169 e. The van der Waals surface area contributed by atoms with Gasteiger partial charge < -0.3 is 0 Å². The lowest BCUT2D eigenvalue weighted by Gasteiger charge is -2.10. The molecule has 0 heterocycles. The van der Waals surface area contributed by atoms with Crippen molar-refractivity contribution >= 4 is 0 Å². The zero-order valence-electron chi connectivity index (χ0n) is 7.05. The van der Waals surface area contributed by atoms with Crippen LogP contribution in [0.25, 0.3) is 0 Å². The van der Waals surface area contributed by atoms with Crippen LogP contribution in [0.2, 0.25) is 0 Å². The highest BCUT2D eigenvalue weighted by atomic mass is 14.5. The third kappa shape index (κ3) is 0.881. The molecule has 0 aromatic rings. The first-order valence-corrected chi connectivity index (χ1v) is 5.14. The van der Waals surface area contributed by atoms with Crippen LogP contribution in [0.3, 0.4) is 0 Å². The third-order valence-corrected chi connectivity index (χ3v) is 3.89. The quantitative estimate of drug-likeness (QED) is 0.463. The molecule has 3 unspecified atom stereocenters. The van der Waals surface area contributed by atoms with E-state index in [1.807, 2.05) is 5.57 Å². The largest absolute Gasteiger partial charge is 0.0850 e. The molecule has 0 radical (unpaired) electrons. The number of allylic oxidation sites excluding steroid dienone is 2. The van der Waals surface area contributed by atoms with Crippen molar-refractivity contribution < 1.29 is 0 Å². The van der Waals surface area contributed by atoms with Gasteiger partial charge in [0.15, 0.2) is 0 Å². The van der Waals surface area contributed by atoms with E-state index in [1.165, 1.54) is 25.7 Å². The lowest BCUT2D eigenvalue weighted by atomic mass is 9.94. The van der Waals surface area contributed by atoms with Crippen LogP contribution in [0.1, 0.15) is 38.5 Å². The Morgan fingerprint density at radius 1 is 1.27 bits per heavy atom. The Morgan fingerprint density at radius 3 is 3.27 bits per heavy atom. The first kappa shape index (κ1) is 6.28. The van der Waals surface area contributed by atoms with Crippen LogP contribution in [0.4, 0.5) is 0 Å². The molecule has 0 aromatic carbocycles. The molecule has 2 saturated carbocycles. The second kappa shape index (κ2) is 2.12. The lowest BCUT2D eigenvalue weighted by Crippen LogP contribution is -2.00.